The summed E-state index contributed by atoms with van der Waals surface area (Å²) in [6, 6.07) is 16.2. The van der Waals surface area contributed by atoms with Crippen molar-refractivity contribution in [1.82, 2.24) is 9.80 Å². The molecule has 2 aromatic carbocycles. The normalized spacial score (nSPS) is 21.6. The van der Waals surface area contributed by atoms with E-state index in [2.05, 4.69) is 12.1 Å². The lowest BCUT2D eigenvalue weighted by molar-refractivity contribution is -0.135. The Balaban J connectivity index is 1.42. The van der Waals surface area contributed by atoms with Crippen LogP contribution >= 0.6 is 0 Å². The molecule has 2 aliphatic heterocycles. The van der Waals surface area contributed by atoms with Gasteiger partial charge in [-0.15, -0.1) is 0 Å². The minimum Gasteiger partial charge on any atom is -0.342 e. The third-order valence-electron chi connectivity index (χ3n) is 6.26. The second kappa shape index (κ2) is 7.87. The molecule has 0 bridgehead atoms. The first-order valence-corrected chi connectivity index (χ1v) is 12.1. The molecule has 1 unspecified atom stereocenters. The number of benzene rings is 2. The van der Waals surface area contributed by atoms with Gasteiger partial charge in [0.05, 0.1) is 10.3 Å². The number of carbonyl (C=O) groups excluding carboxylic acids is 2. The van der Waals surface area contributed by atoms with Gasteiger partial charge in [-0.1, -0.05) is 36.4 Å². The van der Waals surface area contributed by atoms with Crippen molar-refractivity contribution in [2.24, 2.45) is 5.41 Å². The van der Waals surface area contributed by atoms with E-state index in [1.807, 2.05) is 23.1 Å². The smallest absolute Gasteiger partial charge is 0.253 e. The minimum absolute atomic E-state index is 0.131. The summed E-state index contributed by atoms with van der Waals surface area (Å²) >= 11 is 0. The Bertz CT molecular complexity index is 1070. The lowest BCUT2D eigenvalue weighted by Gasteiger charge is -2.24. The summed E-state index contributed by atoms with van der Waals surface area (Å²) in [7, 11) is -3.38. The van der Waals surface area contributed by atoms with Crippen LogP contribution in [0.5, 0.6) is 0 Å². The van der Waals surface area contributed by atoms with Crippen molar-refractivity contribution in [3.8, 4) is 0 Å². The van der Waals surface area contributed by atoms with Crippen LogP contribution in [0.4, 0.5) is 0 Å². The molecule has 2 aliphatic rings. The van der Waals surface area contributed by atoms with E-state index in [9.17, 15) is 18.0 Å². The highest BCUT2D eigenvalue weighted by atomic mass is 32.2. The fourth-order valence-electron chi connectivity index (χ4n) is 4.48. The topological polar surface area (TPSA) is 74.8 Å². The predicted octanol–water partition coefficient (Wildman–Crippen LogP) is 2.40. The summed E-state index contributed by atoms with van der Waals surface area (Å²) in [5.41, 5.74) is 1.06. The van der Waals surface area contributed by atoms with E-state index in [0.717, 1.165) is 25.6 Å². The molecular weight excluding hydrogens is 400 g/mol. The predicted molar refractivity (Wildman–Crippen MR) is 114 cm³/mol. The Hall–Kier alpha value is -2.67. The molecule has 0 aliphatic carbocycles. The molecule has 2 fully saturated rings. The molecule has 0 aromatic heterocycles. The van der Waals surface area contributed by atoms with Crippen LogP contribution in [0.1, 0.15) is 28.8 Å². The monoisotopic (exact) mass is 426 g/mol. The number of nitrogens with zero attached hydrogens (tertiary/aromatic N) is 2. The lowest BCUT2D eigenvalue weighted by atomic mass is 9.85. The summed E-state index contributed by atoms with van der Waals surface area (Å²) in [6.45, 7) is 2.32. The molecule has 158 valence electrons. The molecule has 0 N–H and O–H groups in total. The molecule has 2 heterocycles. The van der Waals surface area contributed by atoms with E-state index in [1.165, 1.54) is 17.7 Å². The number of likely N-dealkylation sites (tertiary alicyclic amines) is 2. The third kappa shape index (κ3) is 3.99. The molecule has 2 amide bonds. The second-order valence-corrected chi connectivity index (χ2v) is 10.4. The highest BCUT2D eigenvalue weighted by molar-refractivity contribution is 7.90. The SMILES string of the molecule is CS(=O)(=O)c1cccc(C(=O)N2CCC3(CCN(CCc4ccccc4)C3=O)C2)c1. The maximum atomic E-state index is 13.1. The quantitative estimate of drug-likeness (QED) is 0.736. The Morgan fingerprint density at radius 2 is 1.77 bits per heavy atom. The lowest BCUT2D eigenvalue weighted by Crippen LogP contribution is -2.39. The van der Waals surface area contributed by atoms with Crippen LogP contribution in [-0.2, 0) is 21.1 Å². The molecule has 0 radical (unpaired) electrons. The van der Waals surface area contributed by atoms with Gasteiger partial charge in [-0.2, -0.15) is 0 Å². The van der Waals surface area contributed by atoms with Gasteiger partial charge in [-0.3, -0.25) is 9.59 Å². The summed E-state index contributed by atoms with van der Waals surface area (Å²) in [5, 5.41) is 0. The zero-order valence-corrected chi connectivity index (χ0v) is 17.9. The van der Waals surface area contributed by atoms with E-state index in [0.29, 0.717) is 31.6 Å². The zero-order chi connectivity index (χ0) is 21.4. The number of hydrogen-bond donors (Lipinski definition) is 0. The molecule has 2 aromatic rings. The molecular formula is C23H26N2O4S. The van der Waals surface area contributed by atoms with Gasteiger partial charge in [0.25, 0.3) is 5.91 Å². The standard InChI is InChI=1S/C23H26N2O4S/c1-30(28,29)20-9-5-8-19(16-20)21(26)25-15-12-23(17-25)11-14-24(22(23)27)13-10-18-6-3-2-4-7-18/h2-9,16H,10-15,17H2,1H3. The number of rotatable bonds is 5. The van der Waals surface area contributed by atoms with Crippen molar-refractivity contribution < 1.29 is 18.0 Å². The van der Waals surface area contributed by atoms with Crippen molar-refractivity contribution in [3.05, 3.63) is 65.7 Å². The molecule has 30 heavy (non-hydrogen) atoms. The van der Waals surface area contributed by atoms with Crippen molar-refractivity contribution in [3.63, 3.8) is 0 Å². The van der Waals surface area contributed by atoms with Crippen molar-refractivity contribution in [2.45, 2.75) is 24.2 Å². The van der Waals surface area contributed by atoms with E-state index in [1.54, 1.807) is 17.0 Å². The van der Waals surface area contributed by atoms with E-state index in [-0.39, 0.29) is 16.7 Å². The van der Waals surface area contributed by atoms with Crippen molar-refractivity contribution >= 4 is 21.7 Å². The van der Waals surface area contributed by atoms with Crippen LogP contribution in [0.15, 0.2) is 59.5 Å². The maximum absolute atomic E-state index is 13.1. The fourth-order valence-corrected chi connectivity index (χ4v) is 5.15. The summed E-state index contributed by atoms with van der Waals surface area (Å²) in [4.78, 5) is 29.9. The summed E-state index contributed by atoms with van der Waals surface area (Å²) in [5.74, 6) is -0.0773. The van der Waals surface area contributed by atoms with Gasteiger partial charge in [-0.05, 0) is 43.0 Å². The Morgan fingerprint density at radius 1 is 1.03 bits per heavy atom. The molecule has 7 heteroatoms. The summed E-state index contributed by atoms with van der Waals surface area (Å²) in [6.07, 6.45) is 3.37. The second-order valence-electron chi connectivity index (χ2n) is 8.33. The number of amides is 2. The highest BCUT2D eigenvalue weighted by Crippen LogP contribution is 2.41. The molecule has 1 spiro atoms. The van der Waals surface area contributed by atoms with Crippen LogP contribution in [0.25, 0.3) is 0 Å². The average molecular weight is 427 g/mol. The number of sulfone groups is 1. The van der Waals surface area contributed by atoms with Gasteiger partial charge in [0, 0.05) is 38.0 Å². The summed E-state index contributed by atoms with van der Waals surface area (Å²) < 4.78 is 23.6. The van der Waals surface area contributed by atoms with Crippen LogP contribution in [0.3, 0.4) is 0 Å². The first kappa shape index (κ1) is 20.6. The molecule has 6 nitrogen and oxygen atoms in total. The first-order chi connectivity index (χ1) is 14.3. The van der Waals surface area contributed by atoms with Crippen LogP contribution in [0.2, 0.25) is 0 Å². The zero-order valence-electron chi connectivity index (χ0n) is 17.1. The molecule has 2 saturated heterocycles. The largest absolute Gasteiger partial charge is 0.342 e. The van der Waals surface area contributed by atoms with Crippen LogP contribution < -0.4 is 0 Å². The van der Waals surface area contributed by atoms with E-state index >= 15 is 0 Å². The van der Waals surface area contributed by atoms with Gasteiger partial charge < -0.3 is 9.80 Å². The van der Waals surface area contributed by atoms with E-state index < -0.39 is 15.3 Å². The molecule has 0 saturated carbocycles. The number of carbonyl (C=O) groups is 2. The van der Waals surface area contributed by atoms with Crippen molar-refractivity contribution in [1.29, 1.82) is 0 Å². The first-order valence-electron chi connectivity index (χ1n) is 10.2. The van der Waals surface area contributed by atoms with Gasteiger partial charge in [-0.25, -0.2) is 8.42 Å². The minimum atomic E-state index is -3.38. The van der Waals surface area contributed by atoms with Gasteiger partial charge in [0.15, 0.2) is 9.84 Å². The highest BCUT2D eigenvalue weighted by Gasteiger charge is 2.51. The fraction of sp³-hybridized carbons (Fsp3) is 0.391. The van der Waals surface area contributed by atoms with E-state index in [4.69, 9.17) is 0 Å². The molecule has 1 atom stereocenters. The van der Waals surface area contributed by atoms with Crippen LogP contribution in [0, 0.1) is 5.41 Å². The van der Waals surface area contributed by atoms with Crippen LogP contribution in [-0.4, -0.2) is 62.5 Å². The third-order valence-corrected chi connectivity index (χ3v) is 7.37. The molecule has 4 rings (SSSR count). The maximum Gasteiger partial charge on any atom is 0.253 e. The van der Waals surface area contributed by atoms with Gasteiger partial charge >= 0.3 is 0 Å². The van der Waals surface area contributed by atoms with Crippen molar-refractivity contribution in [2.75, 3.05) is 32.4 Å². The number of hydrogen-bond acceptors (Lipinski definition) is 4. The Labute approximate surface area is 177 Å². The van der Waals surface area contributed by atoms with Gasteiger partial charge in [0.2, 0.25) is 5.91 Å². The Kier molecular flexibility index (Phi) is 5.40. The Morgan fingerprint density at radius 3 is 2.50 bits per heavy atom. The average Bonchev–Trinajstić information content (AvgIpc) is 3.31. The van der Waals surface area contributed by atoms with Gasteiger partial charge in [0.1, 0.15) is 0 Å².